The summed E-state index contributed by atoms with van der Waals surface area (Å²) in [6, 6.07) is 16.2. The van der Waals surface area contributed by atoms with Gasteiger partial charge in [-0.15, -0.1) is 0 Å². The molecule has 1 atom stereocenters. The van der Waals surface area contributed by atoms with E-state index < -0.39 is 22.9 Å². The minimum absolute atomic E-state index is 0.164. The Bertz CT molecular complexity index is 1040. The maximum Gasteiger partial charge on any atom is 0.415 e. The molecule has 5 rings (SSSR count). The van der Waals surface area contributed by atoms with Crippen LogP contribution in [0.25, 0.3) is 0 Å². The number of carbonyl (C=O) groups is 2. The van der Waals surface area contributed by atoms with Crippen molar-refractivity contribution in [3.8, 4) is 0 Å². The molecule has 3 aliphatic heterocycles. The molecule has 3 aliphatic rings. The number of hydrogen-bond donors (Lipinski definition) is 0. The van der Waals surface area contributed by atoms with E-state index in [4.69, 9.17) is 4.74 Å². The van der Waals surface area contributed by atoms with Gasteiger partial charge in [0, 0.05) is 13.0 Å². The molecule has 33 heavy (non-hydrogen) atoms. The van der Waals surface area contributed by atoms with Crippen LogP contribution in [0.5, 0.6) is 0 Å². The normalized spacial score (nSPS) is 25.0. The predicted molar refractivity (Wildman–Crippen MR) is 123 cm³/mol. The predicted octanol–water partition coefficient (Wildman–Crippen LogP) is 3.71. The highest BCUT2D eigenvalue weighted by Crippen LogP contribution is 2.41. The summed E-state index contributed by atoms with van der Waals surface area (Å²) >= 11 is 0. The van der Waals surface area contributed by atoms with Crippen molar-refractivity contribution < 1.29 is 18.7 Å². The van der Waals surface area contributed by atoms with Crippen molar-refractivity contribution in [1.29, 1.82) is 0 Å². The van der Waals surface area contributed by atoms with E-state index in [0.717, 1.165) is 32.4 Å². The lowest BCUT2D eigenvalue weighted by molar-refractivity contribution is -0.144. The van der Waals surface area contributed by atoms with Gasteiger partial charge in [-0.1, -0.05) is 36.4 Å². The maximum absolute atomic E-state index is 14.0. The summed E-state index contributed by atoms with van der Waals surface area (Å²) in [4.78, 5) is 32.2. The third-order valence-corrected chi connectivity index (χ3v) is 7.48. The average molecular weight is 452 g/mol. The van der Waals surface area contributed by atoms with Crippen molar-refractivity contribution in [2.45, 2.75) is 31.3 Å². The molecule has 7 heteroatoms. The maximum atomic E-state index is 14.0. The molecule has 6 nitrogen and oxygen atoms in total. The highest BCUT2D eigenvalue weighted by molar-refractivity contribution is 5.91. The molecule has 0 radical (unpaired) electrons. The first-order chi connectivity index (χ1) is 15.9. The van der Waals surface area contributed by atoms with Crippen molar-refractivity contribution >= 4 is 17.7 Å². The lowest BCUT2D eigenvalue weighted by Gasteiger charge is -2.42. The number of likely N-dealkylation sites (tertiary alicyclic amines) is 2. The van der Waals surface area contributed by atoms with Gasteiger partial charge in [0.25, 0.3) is 0 Å². The quantitative estimate of drug-likeness (QED) is 0.711. The van der Waals surface area contributed by atoms with Crippen LogP contribution < -0.4 is 4.90 Å². The summed E-state index contributed by atoms with van der Waals surface area (Å²) in [7, 11) is 2.10. The van der Waals surface area contributed by atoms with Crippen LogP contribution in [0.1, 0.15) is 24.8 Å². The van der Waals surface area contributed by atoms with Gasteiger partial charge in [-0.2, -0.15) is 0 Å². The van der Waals surface area contributed by atoms with Crippen LogP contribution in [-0.2, 0) is 16.0 Å². The van der Waals surface area contributed by atoms with E-state index in [1.807, 2.05) is 23.1 Å². The lowest BCUT2D eigenvalue weighted by atomic mass is 9.72. The highest BCUT2D eigenvalue weighted by atomic mass is 19.1. The highest BCUT2D eigenvalue weighted by Gasteiger charge is 2.53. The summed E-state index contributed by atoms with van der Waals surface area (Å²) in [5.41, 5.74) is 0.481. The third-order valence-electron chi connectivity index (χ3n) is 7.48. The van der Waals surface area contributed by atoms with Gasteiger partial charge >= 0.3 is 6.09 Å². The van der Waals surface area contributed by atoms with Gasteiger partial charge in [0.05, 0.1) is 24.2 Å². The number of hydrogen-bond acceptors (Lipinski definition) is 4. The number of nitrogens with zero attached hydrogens (tertiary/aromatic N) is 3. The van der Waals surface area contributed by atoms with E-state index in [2.05, 4.69) is 24.1 Å². The second-order valence-electron chi connectivity index (χ2n) is 9.84. The van der Waals surface area contributed by atoms with Gasteiger partial charge < -0.3 is 14.5 Å². The molecular weight excluding hydrogens is 421 g/mol. The summed E-state index contributed by atoms with van der Waals surface area (Å²) in [6.45, 7) is 3.05. The van der Waals surface area contributed by atoms with E-state index in [-0.39, 0.29) is 5.91 Å². The summed E-state index contributed by atoms with van der Waals surface area (Å²) in [5, 5.41) is 0. The zero-order valence-corrected chi connectivity index (χ0v) is 19.0. The molecule has 0 aliphatic carbocycles. The molecule has 3 fully saturated rings. The van der Waals surface area contributed by atoms with E-state index in [0.29, 0.717) is 31.7 Å². The summed E-state index contributed by atoms with van der Waals surface area (Å²) in [6.07, 6.45) is 2.47. The van der Waals surface area contributed by atoms with E-state index in [1.54, 1.807) is 12.1 Å². The Morgan fingerprint density at radius 1 is 1.00 bits per heavy atom. The molecule has 2 aromatic rings. The molecule has 0 N–H and O–H groups in total. The number of benzene rings is 2. The van der Waals surface area contributed by atoms with Crippen molar-refractivity contribution in [3.63, 3.8) is 0 Å². The second-order valence-corrected chi connectivity index (χ2v) is 9.84. The molecule has 2 amide bonds. The fraction of sp³-hybridized carbons (Fsp3) is 0.462. The van der Waals surface area contributed by atoms with Gasteiger partial charge in [-0.05, 0) is 63.2 Å². The lowest BCUT2D eigenvalue weighted by Crippen LogP contribution is -2.51. The molecule has 174 valence electrons. The molecule has 0 saturated carbocycles. The fourth-order valence-electron chi connectivity index (χ4n) is 5.53. The molecular formula is C26H30FN3O3. The molecule has 3 saturated heterocycles. The van der Waals surface area contributed by atoms with Crippen LogP contribution in [0.4, 0.5) is 14.9 Å². The summed E-state index contributed by atoms with van der Waals surface area (Å²) < 4.78 is 19.5. The zero-order chi connectivity index (χ0) is 23.1. The zero-order valence-electron chi connectivity index (χ0n) is 19.0. The number of anilines is 1. The van der Waals surface area contributed by atoms with Crippen molar-refractivity contribution in [3.05, 3.63) is 66.0 Å². The Morgan fingerprint density at radius 2 is 1.76 bits per heavy atom. The summed E-state index contributed by atoms with van der Waals surface area (Å²) in [5.74, 6) is -0.230. The molecule has 0 unspecified atom stereocenters. The van der Waals surface area contributed by atoms with Crippen LogP contribution in [0.3, 0.4) is 0 Å². The van der Waals surface area contributed by atoms with Crippen LogP contribution in [0, 0.1) is 11.2 Å². The Labute approximate surface area is 193 Å². The molecule has 1 spiro atoms. The molecule has 3 heterocycles. The Balaban J connectivity index is 1.34. The first-order valence-electron chi connectivity index (χ1n) is 11.7. The number of halogens is 1. The van der Waals surface area contributed by atoms with Crippen molar-refractivity contribution in [2.75, 3.05) is 44.7 Å². The number of ether oxygens (including phenoxy) is 1. The monoisotopic (exact) mass is 451 g/mol. The van der Waals surface area contributed by atoms with Crippen molar-refractivity contribution in [1.82, 2.24) is 9.80 Å². The fourth-order valence-corrected chi connectivity index (χ4v) is 5.53. The van der Waals surface area contributed by atoms with Crippen molar-refractivity contribution in [2.24, 2.45) is 5.41 Å². The van der Waals surface area contributed by atoms with Crippen LogP contribution in [0.2, 0.25) is 0 Å². The number of rotatable bonds is 4. The Kier molecular flexibility index (Phi) is 5.60. The second kappa shape index (κ2) is 8.45. The molecule has 0 aromatic heterocycles. The topological polar surface area (TPSA) is 53.1 Å². The van der Waals surface area contributed by atoms with Crippen LogP contribution in [-0.4, -0.2) is 67.2 Å². The Hall–Kier alpha value is -2.93. The largest absolute Gasteiger partial charge is 0.439 e. The standard InChI is InChI=1S/C26H30FN3O3/c1-28-13-10-25(11-14-28,17-20-6-3-2-4-7-20)23(31)29-15-12-26(18-29)19-30(24(32)33-26)22-9-5-8-21(27)16-22/h2-9,16H,10-15,17-19H2,1H3/t26-/m0/s1. The number of amides is 2. The van der Waals surface area contributed by atoms with E-state index in [9.17, 15) is 14.0 Å². The van der Waals surface area contributed by atoms with Gasteiger partial charge in [0.2, 0.25) is 5.91 Å². The molecule has 0 bridgehead atoms. The van der Waals surface area contributed by atoms with Gasteiger partial charge in [-0.25, -0.2) is 9.18 Å². The SMILES string of the molecule is CN1CCC(Cc2ccccc2)(C(=O)N2CC[C@]3(C2)CN(c2cccc(F)c2)C(=O)O3)CC1. The first-order valence-corrected chi connectivity index (χ1v) is 11.7. The molecule has 2 aromatic carbocycles. The minimum atomic E-state index is -0.738. The van der Waals surface area contributed by atoms with Crippen LogP contribution >= 0.6 is 0 Å². The van der Waals surface area contributed by atoms with E-state index in [1.165, 1.54) is 22.6 Å². The van der Waals surface area contributed by atoms with E-state index >= 15 is 0 Å². The van der Waals surface area contributed by atoms with Gasteiger partial charge in [-0.3, -0.25) is 9.69 Å². The smallest absolute Gasteiger partial charge is 0.415 e. The van der Waals surface area contributed by atoms with Crippen LogP contribution in [0.15, 0.2) is 54.6 Å². The first kappa shape index (κ1) is 21.9. The minimum Gasteiger partial charge on any atom is -0.439 e. The Morgan fingerprint density at radius 3 is 2.48 bits per heavy atom. The number of piperidine rings is 1. The van der Waals surface area contributed by atoms with Gasteiger partial charge in [0.1, 0.15) is 5.82 Å². The average Bonchev–Trinajstić information content (AvgIpc) is 3.38. The third kappa shape index (κ3) is 4.22. The van der Waals surface area contributed by atoms with Gasteiger partial charge in [0.15, 0.2) is 5.60 Å². The number of carbonyl (C=O) groups excluding carboxylic acids is 2.